The average Bonchev–Trinajstić information content (AvgIpc) is 2.91. The van der Waals surface area contributed by atoms with Crippen LogP contribution in [0.25, 0.3) is 0 Å². The van der Waals surface area contributed by atoms with Gasteiger partial charge in [0, 0.05) is 11.2 Å². The van der Waals surface area contributed by atoms with Crippen LogP contribution in [-0.4, -0.2) is 9.85 Å². The molecule has 1 aliphatic rings. The fraction of sp³-hybridized carbons (Fsp3) is 0.625. The summed E-state index contributed by atoms with van der Waals surface area (Å²) in [4.78, 5) is 11.5. The molecule has 1 aliphatic carbocycles. The number of hydrogen-bond donors (Lipinski definition) is 1. The minimum absolute atomic E-state index is 0.221. The molecule has 0 radical (unpaired) electrons. The summed E-state index contributed by atoms with van der Waals surface area (Å²) in [6.07, 6.45) is 2.16. The highest BCUT2D eigenvalue weighted by Crippen LogP contribution is 2.41. The molecule has 0 atom stereocenters. The van der Waals surface area contributed by atoms with Gasteiger partial charge in [-0.25, -0.2) is 0 Å². The molecule has 0 aliphatic heterocycles. The molecule has 0 bridgehead atoms. The van der Waals surface area contributed by atoms with Crippen molar-refractivity contribution in [3.63, 3.8) is 0 Å². The van der Waals surface area contributed by atoms with Crippen LogP contribution < -0.4 is 5.56 Å². The summed E-state index contributed by atoms with van der Waals surface area (Å²) < 4.78 is 6.22. The second-order valence-electron chi connectivity index (χ2n) is 3.17. The number of nitrogens with zero attached hydrogens (tertiary/aromatic N) is 1. The van der Waals surface area contributed by atoms with E-state index < -0.39 is 0 Å². The number of hydrogen-bond acceptors (Lipinski definition) is 3. The maximum Gasteiger partial charge on any atom is 0.289 e. The Morgan fingerprint density at radius 3 is 2.77 bits per heavy atom. The largest absolute Gasteiger partial charge is 0.378 e. The van der Waals surface area contributed by atoms with Crippen LogP contribution in [0.3, 0.4) is 0 Å². The summed E-state index contributed by atoms with van der Waals surface area (Å²) in [5, 5.41) is 9.30. The van der Waals surface area contributed by atoms with Crippen molar-refractivity contribution in [3.05, 3.63) is 21.7 Å². The van der Waals surface area contributed by atoms with E-state index >= 15 is 0 Å². The van der Waals surface area contributed by atoms with Crippen molar-refractivity contribution in [1.29, 1.82) is 0 Å². The monoisotopic (exact) mass is 247 g/mol. The van der Waals surface area contributed by atoms with Gasteiger partial charge in [-0.2, -0.15) is 0 Å². The van der Waals surface area contributed by atoms with Crippen LogP contribution in [0.15, 0.2) is 9.32 Å². The Labute approximate surface area is 83.2 Å². The second kappa shape index (κ2) is 3.31. The summed E-state index contributed by atoms with van der Waals surface area (Å²) >= 11 is 3.24. The predicted molar refractivity (Wildman–Crippen MR) is 49.8 cm³/mol. The van der Waals surface area contributed by atoms with E-state index in [1.54, 1.807) is 0 Å². The molecular weight excluding hydrogens is 238 g/mol. The van der Waals surface area contributed by atoms with E-state index in [1.807, 2.05) is 0 Å². The van der Waals surface area contributed by atoms with Crippen LogP contribution in [0, 0.1) is 0 Å². The van der Waals surface area contributed by atoms with Gasteiger partial charge in [-0.3, -0.25) is 4.79 Å². The lowest BCUT2D eigenvalue weighted by Crippen LogP contribution is -2.16. The fourth-order valence-corrected chi connectivity index (χ4v) is 1.87. The molecule has 0 amide bonds. The standard InChI is InChI=1S/C8H10BrNO3/c9-3-6-7(5-1-2-5)13-10(4-11)8(6)12/h5,11H,1-4H2. The lowest BCUT2D eigenvalue weighted by molar-refractivity contribution is 0.0978. The van der Waals surface area contributed by atoms with Crippen molar-refractivity contribution in [2.75, 3.05) is 0 Å². The molecule has 1 heterocycles. The maximum absolute atomic E-state index is 11.5. The van der Waals surface area contributed by atoms with Gasteiger partial charge in [-0.1, -0.05) is 15.9 Å². The van der Waals surface area contributed by atoms with Gasteiger partial charge >= 0.3 is 0 Å². The van der Waals surface area contributed by atoms with Crippen molar-refractivity contribution >= 4 is 15.9 Å². The molecule has 0 aromatic carbocycles. The van der Waals surface area contributed by atoms with Crippen molar-refractivity contribution in [1.82, 2.24) is 4.74 Å². The van der Waals surface area contributed by atoms with E-state index in [2.05, 4.69) is 15.9 Å². The zero-order valence-corrected chi connectivity index (χ0v) is 8.58. The Kier molecular flexibility index (Phi) is 2.29. The van der Waals surface area contributed by atoms with Gasteiger partial charge in [0.25, 0.3) is 5.56 Å². The van der Waals surface area contributed by atoms with Crippen LogP contribution in [-0.2, 0) is 12.1 Å². The summed E-state index contributed by atoms with van der Waals surface area (Å²) in [6, 6.07) is 0. The van der Waals surface area contributed by atoms with E-state index in [1.165, 1.54) is 0 Å². The molecule has 0 spiro atoms. The molecule has 1 N–H and O–H groups in total. The zero-order valence-electron chi connectivity index (χ0n) is 6.99. The highest BCUT2D eigenvalue weighted by atomic mass is 79.9. The summed E-state index contributed by atoms with van der Waals surface area (Å²) in [6.45, 7) is -0.383. The molecule has 72 valence electrons. The Hall–Kier alpha value is -0.550. The third-order valence-corrected chi connectivity index (χ3v) is 2.76. The first-order valence-corrected chi connectivity index (χ1v) is 5.29. The first kappa shape index (κ1) is 9.02. The minimum atomic E-state index is -0.383. The van der Waals surface area contributed by atoms with Crippen LogP contribution >= 0.6 is 15.9 Å². The van der Waals surface area contributed by atoms with Crippen molar-refractivity contribution in [2.45, 2.75) is 30.8 Å². The number of aliphatic hydroxyl groups excluding tert-OH is 1. The van der Waals surface area contributed by atoms with Gasteiger partial charge < -0.3 is 9.63 Å². The zero-order chi connectivity index (χ0) is 9.42. The number of halogens is 1. The van der Waals surface area contributed by atoms with Gasteiger partial charge in [-0.05, 0) is 12.8 Å². The van der Waals surface area contributed by atoms with Gasteiger partial charge in [-0.15, -0.1) is 4.74 Å². The van der Waals surface area contributed by atoms with E-state index in [-0.39, 0.29) is 12.3 Å². The van der Waals surface area contributed by atoms with Gasteiger partial charge in [0.1, 0.15) is 5.76 Å². The Morgan fingerprint density at radius 1 is 1.62 bits per heavy atom. The molecule has 13 heavy (non-hydrogen) atoms. The quantitative estimate of drug-likeness (QED) is 0.816. The lowest BCUT2D eigenvalue weighted by atomic mass is 10.2. The maximum atomic E-state index is 11.5. The van der Waals surface area contributed by atoms with Crippen LogP contribution in [0.5, 0.6) is 0 Å². The minimum Gasteiger partial charge on any atom is -0.378 e. The molecule has 1 aromatic heterocycles. The first-order valence-electron chi connectivity index (χ1n) is 4.17. The molecule has 1 saturated carbocycles. The molecule has 1 fully saturated rings. The molecule has 2 rings (SSSR count). The van der Waals surface area contributed by atoms with E-state index in [0.29, 0.717) is 16.8 Å². The molecule has 0 unspecified atom stereocenters. The molecular formula is C8H10BrNO3. The van der Waals surface area contributed by atoms with E-state index in [4.69, 9.17) is 9.63 Å². The van der Waals surface area contributed by atoms with Crippen molar-refractivity contribution < 1.29 is 9.63 Å². The summed E-state index contributed by atoms with van der Waals surface area (Å²) in [7, 11) is 0. The van der Waals surface area contributed by atoms with Crippen molar-refractivity contribution in [3.8, 4) is 0 Å². The molecule has 0 saturated heterocycles. The third-order valence-electron chi connectivity index (χ3n) is 2.20. The molecule has 1 aromatic rings. The topological polar surface area (TPSA) is 55.4 Å². The van der Waals surface area contributed by atoms with Gasteiger partial charge in [0.2, 0.25) is 0 Å². The molecule has 4 nitrogen and oxygen atoms in total. The second-order valence-corrected chi connectivity index (χ2v) is 3.73. The Morgan fingerprint density at radius 2 is 2.31 bits per heavy atom. The number of rotatable bonds is 3. The highest BCUT2D eigenvalue weighted by Gasteiger charge is 2.32. The highest BCUT2D eigenvalue weighted by molar-refractivity contribution is 9.08. The van der Waals surface area contributed by atoms with Crippen LogP contribution in [0.4, 0.5) is 0 Å². The van der Waals surface area contributed by atoms with E-state index in [9.17, 15) is 4.79 Å². The van der Waals surface area contributed by atoms with Gasteiger partial charge in [0.15, 0.2) is 6.73 Å². The van der Waals surface area contributed by atoms with Crippen LogP contribution in [0.1, 0.15) is 30.1 Å². The Balaban J connectivity index is 2.48. The normalized spacial score (nSPS) is 16.5. The SMILES string of the molecule is O=c1c(CBr)c(C2CC2)on1CO. The van der Waals surface area contributed by atoms with Crippen molar-refractivity contribution in [2.24, 2.45) is 0 Å². The fourth-order valence-electron chi connectivity index (χ4n) is 1.35. The van der Waals surface area contributed by atoms with E-state index in [0.717, 1.165) is 23.3 Å². The number of aromatic nitrogens is 1. The summed E-state index contributed by atoms with van der Waals surface area (Å²) in [5.74, 6) is 1.14. The number of alkyl halides is 1. The predicted octanol–water partition coefficient (Wildman–Crippen LogP) is 1.16. The van der Waals surface area contributed by atoms with Crippen LogP contribution in [0.2, 0.25) is 0 Å². The number of aliphatic hydroxyl groups is 1. The average molecular weight is 248 g/mol. The lowest BCUT2D eigenvalue weighted by Gasteiger charge is -1.92. The summed E-state index contributed by atoms with van der Waals surface area (Å²) in [5.41, 5.74) is 0.429. The Bertz CT molecular complexity index is 364. The van der Waals surface area contributed by atoms with Gasteiger partial charge in [0.05, 0.1) is 5.56 Å². The molecule has 5 heteroatoms. The smallest absolute Gasteiger partial charge is 0.289 e. The first-order chi connectivity index (χ1) is 6.27. The third kappa shape index (κ3) is 1.46.